The molecule has 2 aromatic rings. The first-order chi connectivity index (χ1) is 12.2. The molecule has 2 heterocycles. The summed E-state index contributed by atoms with van der Waals surface area (Å²) < 4.78 is 20.3. The van der Waals surface area contributed by atoms with Gasteiger partial charge in [0.05, 0.1) is 29.5 Å². The predicted octanol–water partition coefficient (Wildman–Crippen LogP) is 3.83. The predicted molar refractivity (Wildman–Crippen MR) is 94.4 cm³/mol. The lowest BCUT2D eigenvalue weighted by molar-refractivity contribution is -0.111. The van der Waals surface area contributed by atoms with Crippen molar-refractivity contribution in [2.75, 3.05) is 6.54 Å². The van der Waals surface area contributed by atoms with Crippen molar-refractivity contribution in [2.45, 2.75) is 39.0 Å². The topological polar surface area (TPSA) is 64.4 Å². The SMILES string of the molecule is CC(C)(C)OC(=O)N1Cc2cc(-c3ccc(F)c(Cl)c3)nn2C(C=O)C1. The van der Waals surface area contributed by atoms with Crippen molar-refractivity contribution >= 4 is 24.0 Å². The first-order valence-corrected chi connectivity index (χ1v) is 8.53. The molecule has 1 aromatic carbocycles. The second kappa shape index (κ2) is 6.72. The summed E-state index contributed by atoms with van der Waals surface area (Å²) in [4.78, 5) is 25.3. The minimum Gasteiger partial charge on any atom is -0.444 e. The summed E-state index contributed by atoms with van der Waals surface area (Å²) in [6, 6.07) is 5.46. The van der Waals surface area contributed by atoms with E-state index in [1.165, 1.54) is 17.0 Å². The van der Waals surface area contributed by atoms with Gasteiger partial charge in [-0.1, -0.05) is 11.6 Å². The fraction of sp³-hybridized carbons (Fsp3) is 0.389. The van der Waals surface area contributed by atoms with Crippen LogP contribution in [0, 0.1) is 5.82 Å². The largest absolute Gasteiger partial charge is 0.444 e. The van der Waals surface area contributed by atoms with E-state index < -0.39 is 23.6 Å². The van der Waals surface area contributed by atoms with Crippen molar-refractivity contribution < 1.29 is 18.7 Å². The molecule has 0 radical (unpaired) electrons. The van der Waals surface area contributed by atoms with Crippen molar-refractivity contribution in [2.24, 2.45) is 0 Å². The number of aldehydes is 1. The molecule has 0 spiro atoms. The second-order valence-electron chi connectivity index (χ2n) is 7.16. The lowest BCUT2D eigenvalue weighted by Crippen LogP contribution is -2.44. The number of amides is 1. The Bertz CT molecular complexity index is 860. The fourth-order valence-electron chi connectivity index (χ4n) is 2.76. The van der Waals surface area contributed by atoms with E-state index >= 15 is 0 Å². The number of hydrogen-bond donors (Lipinski definition) is 0. The van der Waals surface area contributed by atoms with Crippen LogP contribution in [0.15, 0.2) is 24.3 Å². The van der Waals surface area contributed by atoms with Crippen LogP contribution in [0.5, 0.6) is 0 Å². The zero-order valence-electron chi connectivity index (χ0n) is 14.7. The second-order valence-corrected chi connectivity index (χ2v) is 7.57. The van der Waals surface area contributed by atoms with Crippen LogP contribution in [-0.4, -0.2) is 39.2 Å². The molecule has 1 atom stereocenters. The van der Waals surface area contributed by atoms with Crippen LogP contribution in [-0.2, 0) is 16.1 Å². The highest BCUT2D eigenvalue weighted by molar-refractivity contribution is 6.31. The fourth-order valence-corrected chi connectivity index (χ4v) is 2.94. The van der Waals surface area contributed by atoms with Crippen LogP contribution >= 0.6 is 11.6 Å². The van der Waals surface area contributed by atoms with Gasteiger partial charge >= 0.3 is 6.09 Å². The van der Waals surface area contributed by atoms with Crippen molar-refractivity contribution in [3.05, 3.63) is 40.8 Å². The van der Waals surface area contributed by atoms with Crippen LogP contribution < -0.4 is 0 Å². The number of aromatic nitrogens is 2. The molecule has 0 fully saturated rings. The van der Waals surface area contributed by atoms with Crippen molar-refractivity contribution in [1.29, 1.82) is 0 Å². The Hall–Kier alpha value is -2.41. The molecular formula is C18H19ClFN3O3. The molecular weight excluding hydrogens is 361 g/mol. The van der Waals surface area contributed by atoms with Crippen molar-refractivity contribution in [3.63, 3.8) is 0 Å². The van der Waals surface area contributed by atoms with Crippen LogP contribution in [0.3, 0.4) is 0 Å². The molecule has 138 valence electrons. The molecule has 3 rings (SSSR count). The number of carbonyl (C=O) groups excluding carboxylic acids is 2. The van der Waals surface area contributed by atoms with Crippen LogP contribution in [0.25, 0.3) is 11.3 Å². The number of nitrogens with zero attached hydrogens (tertiary/aromatic N) is 3. The maximum absolute atomic E-state index is 13.4. The molecule has 0 saturated carbocycles. The maximum Gasteiger partial charge on any atom is 0.410 e. The van der Waals surface area contributed by atoms with Gasteiger partial charge in [-0.05, 0) is 45.0 Å². The number of hydrogen-bond acceptors (Lipinski definition) is 4. The van der Waals surface area contributed by atoms with E-state index in [-0.39, 0.29) is 18.1 Å². The van der Waals surface area contributed by atoms with Crippen molar-refractivity contribution in [1.82, 2.24) is 14.7 Å². The lowest BCUT2D eigenvalue weighted by Gasteiger charge is -2.32. The summed E-state index contributed by atoms with van der Waals surface area (Å²) >= 11 is 5.84. The van der Waals surface area contributed by atoms with Gasteiger partial charge < -0.3 is 9.53 Å². The number of ether oxygens (including phenoxy) is 1. The minimum atomic E-state index is -0.624. The number of halogens is 2. The van der Waals surface area contributed by atoms with Gasteiger partial charge in [-0.25, -0.2) is 9.18 Å². The summed E-state index contributed by atoms with van der Waals surface area (Å²) in [6.07, 6.45) is 0.261. The number of benzene rings is 1. The molecule has 1 aliphatic rings. The highest BCUT2D eigenvalue weighted by atomic mass is 35.5. The Kier molecular flexibility index (Phi) is 4.75. The molecule has 8 heteroatoms. The number of fused-ring (bicyclic) bond motifs is 1. The smallest absolute Gasteiger partial charge is 0.410 e. The van der Waals surface area contributed by atoms with E-state index in [0.29, 0.717) is 17.0 Å². The first kappa shape index (κ1) is 18.4. The Balaban J connectivity index is 1.91. The quantitative estimate of drug-likeness (QED) is 0.744. The molecule has 0 bridgehead atoms. The minimum absolute atomic E-state index is 0.00390. The van der Waals surface area contributed by atoms with Gasteiger partial charge in [-0.15, -0.1) is 0 Å². The van der Waals surface area contributed by atoms with E-state index in [2.05, 4.69) is 5.10 Å². The van der Waals surface area contributed by atoms with Gasteiger partial charge in [0.25, 0.3) is 0 Å². The zero-order chi connectivity index (χ0) is 19.1. The lowest BCUT2D eigenvalue weighted by atomic mass is 10.1. The van der Waals surface area contributed by atoms with Crippen LogP contribution in [0.4, 0.5) is 9.18 Å². The maximum atomic E-state index is 13.4. The van der Waals surface area contributed by atoms with Gasteiger partial charge in [0, 0.05) is 5.56 Å². The van der Waals surface area contributed by atoms with E-state index in [1.807, 2.05) is 0 Å². The molecule has 0 saturated heterocycles. The summed E-state index contributed by atoms with van der Waals surface area (Å²) in [5.74, 6) is -0.513. The van der Waals surface area contributed by atoms with Gasteiger partial charge in [0.1, 0.15) is 23.7 Å². The third-order valence-corrected chi connectivity index (χ3v) is 4.20. The van der Waals surface area contributed by atoms with E-state index in [4.69, 9.17) is 16.3 Å². The highest BCUT2D eigenvalue weighted by Crippen LogP contribution is 2.29. The zero-order valence-corrected chi connectivity index (χ0v) is 15.5. The summed E-state index contributed by atoms with van der Waals surface area (Å²) in [5, 5.41) is 4.43. The third-order valence-electron chi connectivity index (χ3n) is 3.91. The third kappa shape index (κ3) is 3.72. The summed E-state index contributed by atoms with van der Waals surface area (Å²) in [6.45, 7) is 5.80. The summed E-state index contributed by atoms with van der Waals surface area (Å²) in [7, 11) is 0. The van der Waals surface area contributed by atoms with E-state index in [1.54, 1.807) is 37.6 Å². The van der Waals surface area contributed by atoms with E-state index in [9.17, 15) is 14.0 Å². The Labute approximate surface area is 155 Å². The molecule has 0 N–H and O–H groups in total. The number of rotatable bonds is 2. The van der Waals surface area contributed by atoms with Gasteiger partial charge in [0.2, 0.25) is 0 Å². The number of carbonyl (C=O) groups is 2. The van der Waals surface area contributed by atoms with Crippen LogP contribution in [0.1, 0.15) is 32.5 Å². The summed E-state index contributed by atoms with van der Waals surface area (Å²) in [5.41, 5.74) is 1.25. The molecule has 1 unspecified atom stereocenters. The normalized spacial score (nSPS) is 17.0. The molecule has 1 amide bonds. The molecule has 6 nitrogen and oxygen atoms in total. The van der Waals surface area contributed by atoms with Gasteiger partial charge in [-0.3, -0.25) is 9.58 Å². The Morgan fingerprint density at radius 2 is 2.12 bits per heavy atom. The molecule has 26 heavy (non-hydrogen) atoms. The Morgan fingerprint density at radius 3 is 2.73 bits per heavy atom. The van der Waals surface area contributed by atoms with Crippen molar-refractivity contribution in [3.8, 4) is 11.3 Å². The highest BCUT2D eigenvalue weighted by Gasteiger charge is 2.32. The molecule has 1 aromatic heterocycles. The average molecular weight is 380 g/mol. The van der Waals surface area contributed by atoms with Crippen LogP contribution in [0.2, 0.25) is 5.02 Å². The first-order valence-electron chi connectivity index (χ1n) is 8.15. The van der Waals surface area contributed by atoms with Gasteiger partial charge in [-0.2, -0.15) is 5.10 Å². The average Bonchev–Trinajstić information content (AvgIpc) is 2.98. The molecule has 0 aliphatic carbocycles. The molecule has 1 aliphatic heterocycles. The monoisotopic (exact) mass is 379 g/mol. The van der Waals surface area contributed by atoms with Gasteiger partial charge in [0.15, 0.2) is 0 Å². The standard InChI is InChI=1S/C18H19ClFN3O3/c1-18(2,3)26-17(25)22-8-12-7-16(21-23(12)13(9-22)10-24)11-4-5-15(20)14(19)6-11/h4-7,10,13H,8-9H2,1-3H3. The van der Waals surface area contributed by atoms with E-state index in [0.717, 1.165) is 6.29 Å². The Morgan fingerprint density at radius 1 is 1.38 bits per heavy atom.